The maximum absolute atomic E-state index is 9.86. The molecule has 7 aromatic carbocycles. The lowest BCUT2D eigenvalue weighted by molar-refractivity contribution is 1.13. The molecule has 0 unspecified atom stereocenters. The topological polar surface area (TPSA) is 80.3 Å². The van der Waals surface area contributed by atoms with Crippen LogP contribution in [0, 0.1) is 11.3 Å². The summed E-state index contributed by atoms with van der Waals surface area (Å²) in [6.07, 6.45) is 0. The Hall–Kier alpha value is -8.01. The molecule has 0 amide bonds. The number of fused-ring (bicyclic) bond motifs is 3. The summed E-state index contributed by atoms with van der Waals surface area (Å²) in [6.45, 7) is 0. The van der Waals surface area contributed by atoms with E-state index >= 15 is 0 Å². The Bertz CT molecular complexity index is 3000. The van der Waals surface area contributed by atoms with Crippen LogP contribution < -0.4 is 0 Å². The standard InChI is InChI=1S/C51H32N6/c52-33-34-25-27-48-41(29-34)40-23-13-14-24-47(40)57(48)49-28-26-39(50-53-43(35-15-5-1-6-16-35)31-44(54-50)36-17-7-2-8-18-36)30-42(49)51-55-45(37-19-9-3-10-20-37)32-46(56-51)38-21-11-4-12-22-38/h1-32H. The van der Waals surface area contributed by atoms with Gasteiger partial charge in [0, 0.05) is 44.2 Å². The Balaban J connectivity index is 1.27. The van der Waals surface area contributed by atoms with Gasteiger partial charge in [0.05, 0.1) is 51.1 Å². The molecule has 0 atom stereocenters. The van der Waals surface area contributed by atoms with Crippen molar-refractivity contribution in [1.29, 1.82) is 5.26 Å². The number of para-hydroxylation sites is 1. The second-order valence-electron chi connectivity index (χ2n) is 13.8. The summed E-state index contributed by atoms with van der Waals surface area (Å²) in [5.74, 6) is 1.15. The average molecular weight is 729 g/mol. The lowest BCUT2D eigenvalue weighted by Crippen LogP contribution is -2.03. The van der Waals surface area contributed by atoms with Gasteiger partial charge in [-0.15, -0.1) is 0 Å². The van der Waals surface area contributed by atoms with E-state index in [9.17, 15) is 5.26 Å². The summed E-state index contributed by atoms with van der Waals surface area (Å²) in [7, 11) is 0. The second-order valence-corrected chi connectivity index (χ2v) is 13.8. The van der Waals surface area contributed by atoms with Crippen LogP contribution in [-0.4, -0.2) is 24.5 Å². The van der Waals surface area contributed by atoms with Crippen molar-refractivity contribution in [3.63, 3.8) is 0 Å². The first kappa shape index (κ1) is 33.6. The maximum Gasteiger partial charge on any atom is 0.162 e. The fourth-order valence-corrected chi connectivity index (χ4v) is 7.52. The Labute approximate surface area is 329 Å². The van der Waals surface area contributed by atoms with Crippen LogP contribution in [0.15, 0.2) is 194 Å². The Morgan fingerprint density at radius 1 is 0.368 bits per heavy atom. The lowest BCUT2D eigenvalue weighted by atomic mass is 10.0. The molecule has 10 aromatic rings. The highest BCUT2D eigenvalue weighted by molar-refractivity contribution is 6.10. The molecule has 10 rings (SSSR count). The summed E-state index contributed by atoms with van der Waals surface area (Å²) in [6, 6.07) is 67.8. The largest absolute Gasteiger partial charge is 0.308 e. The van der Waals surface area contributed by atoms with Crippen molar-refractivity contribution in [3.8, 4) is 79.6 Å². The highest BCUT2D eigenvalue weighted by Crippen LogP contribution is 2.39. The molecule has 266 valence electrons. The van der Waals surface area contributed by atoms with Crippen molar-refractivity contribution in [1.82, 2.24) is 24.5 Å². The van der Waals surface area contributed by atoms with E-state index < -0.39 is 0 Å². The van der Waals surface area contributed by atoms with E-state index in [4.69, 9.17) is 19.9 Å². The molecule has 0 saturated carbocycles. The third kappa shape index (κ3) is 6.29. The Kier molecular flexibility index (Phi) is 8.44. The molecule has 6 heteroatoms. The van der Waals surface area contributed by atoms with Crippen molar-refractivity contribution in [2.45, 2.75) is 0 Å². The van der Waals surface area contributed by atoms with Gasteiger partial charge in [-0.25, -0.2) is 19.9 Å². The Morgan fingerprint density at radius 3 is 1.33 bits per heavy atom. The predicted octanol–water partition coefficient (Wildman–Crippen LogP) is 12.2. The molecule has 0 aliphatic heterocycles. The van der Waals surface area contributed by atoms with Crippen LogP contribution in [-0.2, 0) is 0 Å². The van der Waals surface area contributed by atoms with Gasteiger partial charge in [0.15, 0.2) is 11.6 Å². The van der Waals surface area contributed by atoms with E-state index in [2.05, 4.69) is 102 Å². The van der Waals surface area contributed by atoms with Gasteiger partial charge in [0.2, 0.25) is 0 Å². The first-order valence-electron chi connectivity index (χ1n) is 18.8. The van der Waals surface area contributed by atoms with E-state index in [0.717, 1.165) is 83.6 Å². The van der Waals surface area contributed by atoms with Crippen LogP contribution in [0.25, 0.3) is 95.3 Å². The van der Waals surface area contributed by atoms with E-state index in [1.807, 2.05) is 103 Å². The van der Waals surface area contributed by atoms with Gasteiger partial charge in [-0.05, 0) is 54.6 Å². The van der Waals surface area contributed by atoms with Gasteiger partial charge in [-0.3, -0.25) is 0 Å². The molecule has 0 aliphatic rings. The van der Waals surface area contributed by atoms with Crippen LogP contribution >= 0.6 is 0 Å². The minimum Gasteiger partial charge on any atom is -0.308 e. The van der Waals surface area contributed by atoms with Gasteiger partial charge < -0.3 is 4.57 Å². The number of benzene rings is 7. The SMILES string of the molecule is N#Cc1ccc2c(c1)c1ccccc1n2-c1ccc(-c2nc(-c3ccccc3)cc(-c3ccccc3)n2)cc1-c1nc(-c2ccccc2)cc(-c2ccccc2)n1. The number of hydrogen-bond acceptors (Lipinski definition) is 5. The minimum atomic E-state index is 0.564. The van der Waals surface area contributed by atoms with E-state index in [0.29, 0.717) is 17.2 Å². The molecular weight excluding hydrogens is 697 g/mol. The van der Waals surface area contributed by atoms with Crippen molar-refractivity contribution in [2.75, 3.05) is 0 Å². The van der Waals surface area contributed by atoms with Gasteiger partial charge in [-0.2, -0.15) is 5.26 Å². The van der Waals surface area contributed by atoms with Gasteiger partial charge >= 0.3 is 0 Å². The molecule has 0 saturated heterocycles. The van der Waals surface area contributed by atoms with Gasteiger partial charge in [0.25, 0.3) is 0 Å². The molecule has 57 heavy (non-hydrogen) atoms. The number of rotatable bonds is 7. The van der Waals surface area contributed by atoms with Crippen LogP contribution in [0.2, 0.25) is 0 Å². The van der Waals surface area contributed by atoms with E-state index in [-0.39, 0.29) is 0 Å². The zero-order valence-electron chi connectivity index (χ0n) is 30.7. The van der Waals surface area contributed by atoms with Crippen LogP contribution in [0.5, 0.6) is 0 Å². The van der Waals surface area contributed by atoms with E-state index in [1.165, 1.54) is 0 Å². The summed E-state index contributed by atoms with van der Waals surface area (Å²) < 4.78 is 2.25. The molecule has 0 spiro atoms. The van der Waals surface area contributed by atoms with Gasteiger partial charge in [0.1, 0.15) is 0 Å². The summed E-state index contributed by atoms with van der Waals surface area (Å²) in [5, 5.41) is 11.9. The van der Waals surface area contributed by atoms with Crippen molar-refractivity contribution in [3.05, 3.63) is 200 Å². The number of hydrogen-bond donors (Lipinski definition) is 0. The molecule has 6 nitrogen and oxygen atoms in total. The second kappa shape index (κ2) is 14.3. The van der Waals surface area contributed by atoms with Gasteiger partial charge in [-0.1, -0.05) is 140 Å². The smallest absolute Gasteiger partial charge is 0.162 e. The lowest BCUT2D eigenvalue weighted by Gasteiger charge is -2.17. The number of nitrogens with zero attached hydrogens (tertiary/aromatic N) is 6. The highest BCUT2D eigenvalue weighted by atomic mass is 15.0. The third-order valence-corrected chi connectivity index (χ3v) is 10.3. The molecule has 3 heterocycles. The monoisotopic (exact) mass is 728 g/mol. The van der Waals surface area contributed by atoms with Crippen LogP contribution in [0.4, 0.5) is 0 Å². The van der Waals surface area contributed by atoms with Crippen molar-refractivity contribution in [2.24, 2.45) is 0 Å². The zero-order chi connectivity index (χ0) is 38.1. The molecular formula is C51H32N6. The summed E-state index contributed by atoms with van der Waals surface area (Å²) in [4.78, 5) is 21.0. The number of aromatic nitrogens is 5. The third-order valence-electron chi connectivity index (χ3n) is 10.3. The first-order chi connectivity index (χ1) is 28.2. The van der Waals surface area contributed by atoms with Crippen LogP contribution in [0.3, 0.4) is 0 Å². The fraction of sp³-hybridized carbons (Fsp3) is 0. The van der Waals surface area contributed by atoms with Crippen molar-refractivity contribution < 1.29 is 0 Å². The maximum atomic E-state index is 9.86. The quantitative estimate of drug-likeness (QED) is 0.163. The average Bonchev–Trinajstić information content (AvgIpc) is 3.63. The molecule has 0 N–H and O–H groups in total. The zero-order valence-corrected chi connectivity index (χ0v) is 30.7. The molecule has 0 radical (unpaired) electrons. The molecule has 0 aliphatic carbocycles. The first-order valence-corrected chi connectivity index (χ1v) is 18.8. The minimum absolute atomic E-state index is 0.564. The Morgan fingerprint density at radius 2 is 0.825 bits per heavy atom. The number of nitriles is 1. The molecule has 0 bridgehead atoms. The fourth-order valence-electron chi connectivity index (χ4n) is 7.52. The predicted molar refractivity (Wildman–Crippen MR) is 229 cm³/mol. The molecule has 3 aromatic heterocycles. The molecule has 0 fully saturated rings. The van der Waals surface area contributed by atoms with Crippen molar-refractivity contribution >= 4 is 21.8 Å². The normalized spacial score (nSPS) is 11.1. The highest BCUT2D eigenvalue weighted by Gasteiger charge is 2.21. The van der Waals surface area contributed by atoms with E-state index in [1.54, 1.807) is 0 Å². The summed E-state index contributed by atoms with van der Waals surface area (Å²) >= 11 is 0. The van der Waals surface area contributed by atoms with Crippen LogP contribution in [0.1, 0.15) is 5.56 Å². The summed E-state index contributed by atoms with van der Waals surface area (Å²) in [5.41, 5.74) is 12.4.